The van der Waals surface area contributed by atoms with Crippen molar-refractivity contribution in [2.45, 2.75) is 24.8 Å². The predicted octanol–water partition coefficient (Wildman–Crippen LogP) is 3.24. The Hall–Kier alpha value is -2.51. The number of imidazole rings is 1. The zero-order valence-corrected chi connectivity index (χ0v) is 15.6. The number of nitrogens with one attached hydrogen (secondary N) is 1. The Morgan fingerprint density at radius 2 is 1.88 bits per heavy atom. The summed E-state index contributed by atoms with van der Waals surface area (Å²) in [5, 5.41) is 0. The summed E-state index contributed by atoms with van der Waals surface area (Å²) in [4.78, 5) is 4.39. The maximum absolute atomic E-state index is 14.4. The van der Waals surface area contributed by atoms with E-state index in [2.05, 4.69) is 9.71 Å². The molecule has 1 aromatic heterocycles. The molecule has 1 heterocycles. The van der Waals surface area contributed by atoms with E-state index in [1.807, 2.05) is 13.0 Å². The molecule has 26 heavy (non-hydrogen) atoms. The maximum Gasteiger partial charge on any atom is 0.241 e. The highest BCUT2D eigenvalue weighted by Crippen LogP contribution is 2.26. The van der Waals surface area contributed by atoms with E-state index >= 15 is 0 Å². The minimum absolute atomic E-state index is 0.174. The normalized spacial score (nSPS) is 12.9. The van der Waals surface area contributed by atoms with Gasteiger partial charge >= 0.3 is 0 Å². The molecule has 0 unspecified atom stereocenters. The van der Waals surface area contributed by atoms with Crippen molar-refractivity contribution in [3.63, 3.8) is 0 Å². The van der Waals surface area contributed by atoms with Crippen molar-refractivity contribution in [3.8, 4) is 0 Å². The smallest absolute Gasteiger partial charge is 0.241 e. The van der Waals surface area contributed by atoms with E-state index in [-0.39, 0.29) is 10.5 Å². The van der Waals surface area contributed by atoms with Gasteiger partial charge in [0.2, 0.25) is 10.0 Å². The molecule has 0 aliphatic heterocycles. The third-order valence-corrected chi connectivity index (χ3v) is 5.80. The van der Waals surface area contributed by atoms with Crippen LogP contribution in [0.3, 0.4) is 0 Å². The van der Waals surface area contributed by atoms with Gasteiger partial charge in [0, 0.05) is 25.0 Å². The number of nitrogens with zero attached hydrogens (tertiary/aromatic N) is 2. The largest absolute Gasteiger partial charge is 0.336 e. The van der Waals surface area contributed by atoms with Crippen LogP contribution in [0.1, 0.15) is 28.6 Å². The van der Waals surface area contributed by atoms with E-state index in [0.29, 0.717) is 11.4 Å². The van der Waals surface area contributed by atoms with Crippen LogP contribution in [-0.4, -0.2) is 18.0 Å². The number of hydrogen-bond acceptors (Lipinski definition) is 3. The fraction of sp³-hybridized carbons (Fsp3) is 0.211. The topological polar surface area (TPSA) is 64.0 Å². The molecule has 0 bridgehead atoms. The van der Waals surface area contributed by atoms with Crippen molar-refractivity contribution >= 4 is 10.0 Å². The Balaban J connectivity index is 2.11. The Kier molecular flexibility index (Phi) is 4.93. The van der Waals surface area contributed by atoms with Gasteiger partial charge in [-0.15, -0.1) is 0 Å². The zero-order chi connectivity index (χ0) is 18.9. The Bertz CT molecular complexity index is 1040. The lowest BCUT2D eigenvalue weighted by molar-refractivity contribution is 0.544. The molecular weight excluding hydrogens is 353 g/mol. The summed E-state index contributed by atoms with van der Waals surface area (Å²) in [6.45, 7) is 3.55. The minimum atomic E-state index is -3.89. The van der Waals surface area contributed by atoms with E-state index < -0.39 is 21.9 Å². The summed E-state index contributed by atoms with van der Waals surface area (Å²) in [5.74, 6) is -0.0897. The summed E-state index contributed by atoms with van der Waals surface area (Å²) in [6, 6.07) is 10.4. The zero-order valence-electron chi connectivity index (χ0n) is 14.8. The first-order chi connectivity index (χ1) is 12.3. The van der Waals surface area contributed by atoms with E-state index in [0.717, 1.165) is 5.56 Å². The highest BCUT2D eigenvalue weighted by atomic mass is 32.2. The van der Waals surface area contributed by atoms with Crippen LogP contribution in [0.2, 0.25) is 0 Å². The van der Waals surface area contributed by atoms with Crippen molar-refractivity contribution in [1.29, 1.82) is 0 Å². The van der Waals surface area contributed by atoms with Crippen molar-refractivity contribution in [3.05, 3.63) is 83.2 Å². The molecule has 2 aromatic carbocycles. The van der Waals surface area contributed by atoms with Crippen molar-refractivity contribution < 1.29 is 12.8 Å². The molecule has 0 fully saturated rings. The molecule has 1 atom stereocenters. The fourth-order valence-corrected chi connectivity index (χ4v) is 4.34. The summed E-state index contributed by atoms with van der Waals surface area (Å²) in [6.07, 6.45) is 3.24. The monoisotopic (exact) mass is 373 g/mol. The highest BCUT2D eigenvalue weighted by molar-refractivity contribution is 7.89. The lowest BCUT2D eigenvalue weighted by Crippen LogP contribution is -2.32. The predicted molar refractivity (Wildman–Crippen MR) is 97.7 cm³/mol. The van der Waals surface area contributed by atoms with Gasteiger partial charge in [0.05, 0.1) is 4.90 Å². The van der Waals surface area contributed by atoms with Crippen molar-refractivity contribution in [2.75, 3.05) is 0 Å². The van der Waals surface area contributed by atoms with Gasteiger partial charge in [0.25, 0.3) is 0 Å². The number of benzene rings is 2. The number of aromatic nitrogens is 2. The fourth-order valence-electron chi connectivity index (χ4n) is 2.84. The Morgan fingerprint density at radius 1 is 1.15 bits per heavy atom. The van der Waals surface area contributed by atoms with Crippen LogP contribution in [0, 0.1) is 19.7 Å². The summed E-state index contributed by atoms with van der Waals surface area (Å²) >= 11 is 0. The molecule has 5 nitrogen and oxygen atoms in total. The second kappa shape index (κ2) is 7.01. The third kappa shape index (κ3) is 3.54. The number of sulfonamides is 1. The number of aryl methyl sites for hydroxylation is 3. The first-order valence-electron chi connectivity index (χ1n) is 8.11. The van der Waals surface area contributed by atoms with Crippen LogP contribution in [0.15, 0.2) is 59.8 Å². The molecule has 0 aliphatic rings. The van der Waals surface area contributed by atoms with Gasteiger partial charge in [-0.3, -0.25) is 0 Å². The van der Waals surface area contributed by atoms with Crippen LogP contribution in [0.4, 0.5) is 4.39 Å². The van der Waals surface area contributed by atoms with Gasteiger partial charge in [-0.25, -0.2) is 17.8 Å². The molecule has 7 heteroatoms. The Morgan fingerprint density at radius 3 is 2.54 bits per heavy atom. The SMILES string of the molecule is Cc1ccc(C)c(S(=O)(=O)N[C@H](c2ccccc2F)c2nccn2C)c1. The average Bonchev–Trinajstić information content (AvgIpc) is 3.01. The van der Waals surface area contributed by atoms with Crippen molar-refractivity contribution in [1.82, 2.24) is 14.3 Å². The van der Waals surface area contributed by atoms with Crippen LogP contribution in [-0.2, 0) is 17.1 Å². The quantitative estimate of drug-likeness (QED) is 0.747. The second-order valence-electron chi connectivity index (χ2n) is 6.24. The summed E-state index contributed by atoms with van der Waals surface area (Å²) < 4.78 is 44.8. The van der Waals surface area contributed by atoms with Gasteiger partial charge < -0.3 is 4.57 Å². The van der Waals surface area contributed by atoms with E-state index in [1.165, 1.54) is 6.07 Å². The van der Waals surface area contributed by atoms with Crippen LogP contribution >= 0.6 is 0 Å². The first kappa shape index (κ1) is 18.3. The minimum Gasteiger partial charge on any atom is -0.336 e. The summed E-state index contributed by atoms with van der Waals surface area (Å²) in [5.41, 5.74) is 1.67. The maximum atomic E-state index is 14.4. The molecular formula is C19H20FN3O2S. The van der Waals surface area contributed by atoms with E-state index in [1.54, 1.807) is 61.3 Å². The molecule has 3 rings (SSSR count). The molecule has 0 spiro atoms. The number of rotatable bonds is 5. The summed E-state index contributed by atoms with van der Waals surface area (Å²) in [7, 11) is -2.15. The molecule has 1 N–H and O–H groups in total. The lowest BCUT2D eigenvalue weighted by atomic mass is 10.1. The van der Waals surface area contributed by atoms with E-state index in [4.69, 9.17) is 0 Å². The molecule has 3 aromatic rings. The lowest BCUT2D eigenvalue weighted by Gasteiger charge is -2.20. The molecule has 0 saturated carbocycles. The Labute approximate surface area is 152 Å². The van der Waals surface area contributed by atoms with Gasteiger partial charge in [0.1, 0.15) is 17.7 Å². The molecule has 0 aliphatic carbocycles. The standard InChI is InChI=1S/C19H20FN3O2S/c1-13-8-9-14(2)17(12-13)26(24,25)22-18(19-21-10-11-23(19)3)15-6-4-5-7-16(15)20/h4-12,18,22H,1-3H3/t18-/m1/s1. The van der Waals surface area contributed by atoms with Crippen LogP contribution in [0.5, 0.6) is 0 Å². The molecule has 136 valence electrons. The van der Waals surface area contributed by atoms with Crippen LogP contribution < -0.4 is 4.72 Å². The van der Waals surface area contributed by atoms with Crippen LogP contribution in [0.25, 0.3) is 0 Å². The van der Waals surface area contributed by atoms with Gasteiger partial charge in [-0.2, -0.15) is 4.72 Å². The second-order valence-corrected chi connectivity index (χ2v) is 7.92. The molecule has 0 radical (unpaired) electrons. The van der Waals surface area contributed by atoms with E-state index in [9.17, 15) is 12.8 Å². The first-order valence-corrected chi connectivity index (χ1v) is 9.59. The van der Waals surface area contributed by atoms with Gasteiger partial charge in [0.15, 0.2) is 0 Å². The average molecular weight is 373 g/mol. The highest BCUT2D eigenvalue weighted by Gasteiger charge is 2.28. The van der Waals surface area contributed by atoms with Crippen molar-refractivity contribution in [2.24, 2.45) is 7.05 Å². The number of halogens is 1. The van der Waals surface area contributed by atoms with Gasteiger partial charge in [-0.05, 0) is 37.1 Å². The van der Waals surface area contributed by atoms with Gasteiger partial charge in [-0.1, -0.05) is 30.3 Å². The molecule has 0 amide bonds. The third-order valence-electron chi connectivity index (χ3n) is 4.24. The molecule has 0 saturated heterocycles. The number of hydrogen-bond donors (Lipinski definition) is 1.